The zero-order chi connectivity index (χ0) is 13.8. The molecule has 100 valence electrons. The maximum Gasteiger partial charge on any atom is 0.0412 e. The highest BCUT2D eigenvalue weighted by Crippen LogP contribution is 2.30. The van der Waals surface area contributed by atoms with Crippen molar-refractivity contribution in [2.24, 2.45) is 0 Å². The van der Waals surface area contributed by atoms with E-state index in [1.54, 1.807) is 0 Å². The predicted molar refractivity (Wildman–Crippen MR) is 83.7 cm³/mol. The largest absolute Gasteiger partial charge is 0.313 e. The van der Waals surface area contributed by atoms with Crippen molar-refractivity contribution in [2.75, 3.05) is 6.54 Å². The van der Waals surface area contributed by atoms with Gasteiger partial charge in [0.25, 0.3) is 0 Å². The lowest BCUT2D eigenvalue weighted by atomic mass is 9.95. The Morgan fingerprint density at radius 2 is 1.79 bits per heavy atom. The van der Waals surface area contributed by atoms with Gasteiger partial charge in [0, 0.05) is 11.6 Å². The molecule has 0 spiro atoms. The van der Waals surface area contributed by atoms with Gasteiger partial charge in [-0.3, -0.25) is 0 Å². The highest BCUT2D eigenvalue weighted by molar-refractivity contribution is 6.30. The molecule has 1 N–H and O–H groups in total. The summed E-state index contributed by atoms with van der Waals surface area (Å²) in [4.78, 5) is 0. The zero-order valence-corrected chi connectivity index (χ0v) is 12.5. The normalized spacial score (nSPS) is 10.7. The third-order valence-corrected chi connectivity index (χ3v) is 3.54. The summed E-state index contributed by atoms with van der Waals surface area (Å²) in [7, 11) is 0. The summed E-state index contributed by atoms with van der Waals surface area (Å²) in [6, 6.07) is 12.7. The van der Waals surface area contributed by atoms with Crippen molar-refractivity contribution in [2.45, 2.75) is 27.3 Å². The summed E-state index contributed by atoms with van der Waals surface area (Å²) in [5, 5.41) is 4.17. The SMILES string of the molecule is CCNCc1ccc(Cl)cc1-c1ccc(C)cc1C. The van der Waals surface area contributed by atoms with E-state index in [0.717, 1.165) is 18.1 Å². The molecule has 2 rings (SSSR count). The van der Waals surface area contributed by atoms with E-state index in [4.69, 9.17) is 11.6 Å². The number of hydrogen-bond donors (Lipinski definition) is 1. The Labute approximate surface area is 120 Å². The fourth-order valence-electron chi connectivity index (χ4n) is 2.33. The lowest BCUT2D eigenvalue weighted by Crippen LogP contribution is -2.12. The van der Waals surface area contributed by atoms with E-state index in [-0.39, 0.29) is 0 Å². The van der Waals surface area contributed by atoms with Crippen LogP contribution in [-0.2, 0) is 6.54 Å². The van der Waals surface area contributed by atoms with Gasteiger partial charge in [-0.25, -0.2) is 0 Å². The van der Waals surface area contributed by atoms with Crippen molar-refractivity contribution in [3.8, 4) is 11.1 Å². The van der Waals surface area contributed by atoms with Gasteiger partial charge in [-0.1, -0.05) is 48.4 Å². The second-order valence-electron chi connectivity index (χ2n) is 4.90. The number of benzene rings is 2. The van der Waals surface area contributed by atoms with Crippen LogP contribution in [0.4, 0.5) is 0 Å². The molecule has 0 unspecified atom stereocenters. The summed E-state index contributed by atoms with van der Waals surface area (Å²) in [6.45, 7) is 8.23. The van der Waals surface area contributed by atoms with Crippen LogP contribution in [0.1, 0.15) is 23.6 Å². The molecule has 0 atom stereocenters. The molecule has 0 fully saturated rings. The van der Waals surface area contributed by atoms with Crippen LogP contribution in [-0.4, -0.2) is 6.54 Å². The van der Waals surface area contributed by atoms with Gasteiger partial charge in [-0.05, 0) is 54.8 Å². The molecule has 2 heteroatoms. The lowest BCUT2D eigenvalue weighted by Gasteiger charge is -2.13. The second kappa shape index (κ2) is 6.23. The molecule has 19 heavy (non-hydrogen) atoms. The van der Waals surface area contributed by atoms with Crippen LogP contribution in [0.25, 0.3) is 11.1 Å². The van der Waals surface area contributed by atoms with E-state index < -0.39 is 0 Å². The quantitative estimate of drug-likeness (QED) is 0.849. The number of halogens is 1. The summed E-state index contributed by atoms with van der Waals surface area (Å²) < 4.78 is 0. The average Bonchev–Trinajstić information content (AvgIpc) is 2.37. The first kappa shape index (κ1) is 14.1. The molecular weight excluding hydrogens is 254 g/mol. The van der Waals surface area contributed by atoms with Gasteiger partial charge in [0.05, 0.1) is 0 Å². The van der Waals surface area contributed by atoms with Crippen molar-refractivity contribution >= 4 is 11.6 Å². The molecule has 0 radical (unpaired) electrons. The predicted octanol–water partition coefficient (Wildman–Crippen LogP) is 4.73. The van der Waals surface area contributed by atoms with Crippen molar-refractivity contribution < 1.29 is 0 Å². The van der Waals surface area contributed by atoms with Gasteiger partial charge in [0.15, 0.2) is 0 Å². The molecule has 0 saturated carbocycles. The topological polar surface area (TPSA) is 12.0 Å². The Bertz CT molecular complexity index is 575. The molecule has 0 heterocycles. The minimum Gasteiger partial charge on any atom is -0.313 e. The Hall–Kier alpha value is -1.31. The Morgan fingerprint density at radius 1 is 1.00 bits per heavy atom. The fourth-order valence-corrected chi connectivity index (χ4v) is 2.50. The minimum absolute atomic E-state index is 0.787. The highest BCUT2D eigenvalue weighted by atomic mass is 35.5. The van der Waals surface area contributed by atoms with E-state index in [1.807, 2.05) is 6.07 Å². The minimum atomic E-state index is 0.787. The molecule has 0 saturated heterocycles. The highest BCUT2D eigenvalue weighted by Gasteiger charge is 2.08. The molecule has 0 aliphatic rings. The number of hydrogen-bond acceptors (Lipinski definition) is 1. The maximum atomic E-state index is 6.16. The summed E-state index contributed by atoms with van der Waals surface area (Å²) in [5.41, 5.74) is 6.36. The first-order valence-corrected chi connectivity index (χ1v) is 7.06. The van der Waals surface area contributed by atoms with E-state index in [0.29, 0.717) is 0 Å². The van der Waals surface area contributed by atoms with Crippen molar-refractivity contribution in [1.29, 1.82) is 0 Å². The fraction of sp³-hybridized carbons (Fsp3) is 0.294. The van der Waals surface area contributed by atoms with Crippen LogP contribution in [0, 0.1) is 13.8 Å². The average molecular weight is 274 g/mol. The first-order valence-electron chi connectivity index (χ1n) is 6.68. The molecule has 0 aliphatic carbocycles. The molecule has 0 aromatic heterocycles. The standard InChI is InChI=1S/C17H20ClN/c1-4-19-11-14-6-7-15(18)10-17(14)16-8-5-12(2)9-13(16)3/h5-10,19H,4,11H2,1-3H3. The van der Waals surface area contributed by atoms with Crippen LogP contribution < -0.4 is 5.32 Å². The molecule has 0 bridgehead atoms. The molecule has 0 aliphatic heterocycles. The Kier molecular flexibility index (Phi) is 4.62. The zero-order valence-electron chi connectivity index (χ0n) is 11.8. The Balaban J connectivity index is 2.49. The second-order valence-corrected chi connectivity index (χ2v) is 5.34. The van der Waals surface area contributed by atoms with Crippen LogP contribution >= 0.6 is 11.6 Å². The molecular formula is C17H20ClN. The third kappa shape index (κ3) is 3.37. The van der Waals surface area contributed by atoms with Crippen molar-refractivity contribution in [3.05, 3.63) is 58.1 Å². The third-order valence-electron chi connectivity index (χ3n) is 3.31. The summed E-state index contributed by atoms with van der Waals surface area (Å²) in [6.07, 6.45) is 0. The number of rotatable bonds is 4. The van der Waals surface area contributed by atoms with E-state index in [9.17, 15) is 0 Å². The number of aryl methyl sites for hydroxylation is 2. The van der Waals surface area contributed by atoms with Gasteiger partial charge in [-0.2, -0.15) is 0 Å². The molecule has 2 aromatic rings. The van der Waals surface area contributed by atoms with Crippen LogP contribution in [0.5, 0.6) is 0 Å². The monoisotopic (exact) mass is 273 g/mol. The first-order chi connectivity index (χ1) is 9.11. The van der Waals surface area contributed by atoms with Crippen molar-refractivity contribution in [3.63, 3.8) is 0 Å². The van der Waals surface area contributed by atoms with Gasteiger partial charge in [-0.15, -0.1) is 0 Å². The van der Waals surface area contributed by atoms with E-state index in [1.165, 1.54) is 27.8 Å². The maximum absolute atomic E-state index is 6.16. The number of nitrogens with one attached hydrogen (secondary N) is 1. The summed E-state index contributed by atoms with van der Waals surface area (Å²) >= 11 is 6.16. The Morgan fingerprint density at radius 3 is 2.47 bits per heavy atom. The lowest BCUT2D eigenvalue weighted by molar-refractivity contribution is 0.728. The van der Waals surface area contributed by atoms with Gasteiger partial charge < -0.3 is 5.32 Å². The van der Waals surface area contributed by atoms with E-state index >= 15 is 0 Å². The van der Waals surface area contributed by atoms with Crippen LogP contribution in [0.15, 0.2) is 36.4 Å². The van der Waals surface area contributed by atoms with Gasteiger partial charge >= 0.3 is 0 Å². The smallest absolute Gasteiger partial charge is 0.0412 e. The molecule has 1 nitrogen and oxygen atoms in total. The van der Waals surface area contributed by atoms with Crippen LogP contribution in [0.2, 0.25) is 5.02 Å². The molecule has 0 amide bonds. The van der Waals surface area contributed by atoms with Crippen LogP contribution in [0.3, 0.4) is 0 Å². The van der Waals surface area contributed by atoms with E-state index in [2.05, 4.69) is 56.4 Å². The summed E-state index contributed by atoms with van der Waals surface area (Å²) in [5.74, 6) is 0. The van der Waals surface area contributed by atoms with Gasteiger partial charge in [0.2, 0.25) is 0 Å². The van der Waals surface area contributed by atoms with Gasteiger partial charge in [0.1, 0.15) is 0 Å². The molecule has 2 aromatic carbocycles. The van der Waals surface area contributed by atoms with Crippen molar-refractivity contribution in [1.82, 2.24) is 5.32 Å².